The van der Waals surface area contributed by atoms with E-state index in [9.17, 15) is 14.0 Å². The van der Waals surface area contributed by atoms with Crippen LogP contribution in [0, 0.1) is 5.82 Å². The summed E-state index contributed by atoms with van der Waals surface area (Å²) in [5, 5.41) is 5.52. The van der Waals surface area contributed by atoms with Crippen LogP contribution in [-0.2, 0) is 27.4 Å². The van der Waals surface area contributed by atoms with Crippen LogP contribution in [0.3, 0.4) is 0 Å². The quantitative estimate of drug-likeness (QED) is 0.710. The molecule has 2 N–H and O–H groups in total. The Balaban J connectivity index is 2.06. The number of ether oxygens (including phenoxy) is 1. The van der Waals surface area contributed by atoms with Crippen LogP contribution in [-0.4, -0.2) is 31.0 Å². The van der Waals surface area contributed by atoms with Gasteiger partial charge >= 0.3 is 5.97 Å². The normalized spacial score (nSPS) is 12.9. The molecule has 0 saturated heterocycles. The lowest BCUT2D eigenvalue weighted by Gasteiger charge is -2.20. The van der Waals surface area contributed by atoms with Crippen molar-refractivity contribution in [1.82, 2.24) is 10.6 Å². The smallest absolute Gasteiger partial charge is 0.329 e. The first-order valence-corrected chi connectivity index (χ1v) is 8.42. The van der Waals surface area contributed by atoms with Gasteiger partial charge in [-0.15, -0.1) is 0 Å². The summed E-state index contributed by atoms with van der Waals surface area (Å²) in [6.07, 6.45) is 0.218. The molecule has 26 heavy (non-hydrogen) atoms. The molecule has 138 valence electrons. The number of amides is 1. The molecule has 0 aliphatic heterocycles. The van der Waals surface area contributed by atoms with E-state index in [1.54, 1.807) is 26.1 Å². The van der Waals surface area contributed by atoms with E-state index in [-0.39, 0.29) is 24.8 Å². The molecule has 0 spiro atoms. The lowest BCUT2D eigenvalue weighted by Crippen LogP contribution is -2.49. The Labute approximate surface area is 152 Å². The molecule has 2 rings (SSSR count). The molecule has 2 aromatic rings. The molecule has 6 heteroatoms. The highest BCUT2D eigenvalue weighted by Crippen LogP contribution is 2.09. The molecule has 0 fully saturated rings. The van der Waals surface area contributed by atoms with Crippen molar-refractivity contribution in [2.24, 2.45) is 0 Å². The molecule has 0 aromatic heterocycles. The molecule has 0 saturated carbocycles. The minimum atomic E-state index is -0.854. The maximum Gasteiger partial charge on any atom is 0.329 e. The fourth-order valence-corrected chi connectivity index (χ4v) is 2.31. The number of rotatable bonds is 8. The van der Waals surface area contributed by atoms with Gasteiger partial charge in [-0.1, -0.05) is 42.5 Å². The topological polar surface area (TPSA) is 67.4 Å². The summed E-state index contributed by atoms with van der Waals surface area (Å²) in [5.74, 6) is -1.20. The molecule has 2 unspecified atom stereocenters. The van der Waals surface area contributed by atoms with Gasteiger partial charge in [0.15, 0.2) is 0 Å². The zero-order valence-corrected chi connectivity index (χ0v) is 14.9. The highest BCUT2D eigenvalue weighted by atomic mass is 19.1. The Morgan fingerprint density at radius 2 is 1.69 bits per heavy atom. The molecule has 0 bridgehead atoms. The van der Waals surface area contributed by atoms with Crippen molar-refractivity contribution in [2.45, 2.75) is 32.0 Å². The Kier molecular flexibility index (Phi) is 7.29. The zero-order chi connectivity index (χ0) is 18.9. The average Bonchev–Trinajstić information content (AvgIpc) is 2.67. The third-order valence-corrected chi connectivity index (χ3v) is 4.00. The number of carbonyl (C=O) groups excluding carboxylic acids is 2. The standard InChI is InChI=1S/C20H23FN2O3/c1-14(22-2)19(24)23-18(12-15-8-10-17(21)11-9-15)20(25)26-13-16-6-4-3-5-7-16/h3-11,14,18,22H,12-13H2,1-2H3,(H,23,24). The van der Waals surface area contributed by atoms with E-state index in [1.165, 1.54) is 12.1 Å². The van der Waals surface area contributed by atoms with Gasteiger partial charge in [-0.05, 0) is 37.2 Å². The monoisotopic (exact) mass is 358 g/mol. The first-order chi connectivity index (χ1) is 12.5. The van der Waals surface area contributed by atoms with E-state index in [2.05, 4.69) is 10.6 Å². The first kappa shape index (κ1) is 19.6. The van der Waals surface area contributed by atoms with Gasteiger partial charge in [-0.3, -0.25) is 4.79 Å². The Morgan fingerprint density at radius 1 is 1.04 bits per heavy atom. The van der Waals surface area contributed by atoms with Crippen LogP contribution < -0.4 is 10.6 Å². The SMILES string of the molecule is CNC(C)C(=O)NC(Cc1ccc(F)cc1)C(=O)OCc1ccccc1. The van der Waals surface area contributed by atoms with Crippen molar-refractivity contribution in [3.05, 3.63) is 71.5 Å². The largest absolute Gasteiger partial charge is 0.459 e. The highest BCUT2D eigenvalue weighted by Gasteiger charge is 2.24. The summed E-state index contributed by atoms with van der Waals surface area (Å²) >= 11 is 0. The lowest BCUT2D eigenvalue weighted by molar-refractivity contribution is -0.149. The minimum absolute atomic E-state index is 0.122. The van der Waals surface area contributed by atoms with Gasteiger partial charge in [0.2, 0.25) is 5.91 Å². The van der Waals surface area contributed by atoms with Crippen LogP contribution in [0.2, 0.25) is 0 Å². The molecule has 1 amide bonds. The molecule has 2 atom stereocenters. The molecule has 0 radical (unpaired) electrons. The van der Waals surface area contributed by atoms with E-state index in [1.807, 2.05) is 30.3 Å². The number of likely N-dealkylation sites (N-methyl/N-ethyl adjacent to an activating group) is 1. The molecule has 0 aliphatic carbocycles. The van der Waals surface area contributed by atoms with Gasteiger partial charge in [-0.2, -0.15) is 0 Å². The number of hydrogen-bond acceptors (Lipinski definition) is 4. The second-order valence-corrected chi connectivity index (χ2v) is 6.00. The van der Waals surface area contributed by atoms with Crippen LogP contribution in [0.1, 0.15) is 18.1 Å². The molecule has 2 aromatic carbocycles. The summed E-state index contributed by atoms with van der Waals surface area (Å²) in [4.78, 5) is 24.7. The van der Waals surface area contributed by atoms with E-state index >= 15 is 0 Å². The van der Waals surface area contributed by atoms with Gasteiger partial charge in [0.05, 0.1) is 6.04 Å². The number of hydrogen-bond donors (Lipinski definition) is 2. The summed E-state index contributed by atoms with van der Waals surface area (Å²) in [5.41, 5.74) is 1.58. The molecular formula is C20H23FN2O3. The van der Waals surface area contributed by atoms with Crippen molar-refractivity contribution in [1.29, 1.82) is 0 Å². The number of benzene rings is 2. The van der Waals surface area contributed by atoms with Gasteiger partial charge in [0, 0.05) is 6.42 Å². The molecule has 5 nitrogen and oxygen atoms in total. The maximum atomic E-state index is 13.1. The van der Waals surface area contributed by atoms with Gasteiger partial charge in [0.25, 0.3) is 0 Å². The number of nitrogens with one attached hydrogen (secondary N) is 2. The van der Waals surface area contributed by atoms with Crippen LogP contribution >= 0.6 is 0 Å². The van der Waals surface area contributed by atoms with E-state index in [4.69, 9.17) is 4.74 Å². The van der Waals surface area contributed by atoms with Gasteiger partial charge in [0.1, 0.15) is 18.5 Å². The highest BCUT2D eigenvalue weighted by molar-refractivity contribution is 5.87. The summed E-state index contributed by atoms with van der Waals surface area (Å²) in [6.45, 7) is 1.82. The van der Waals surface area contributed by atoms with Crippen LogP contribution in [0.15, 0.2) is 54.6 Å². The Bertz CT molecular complexity index is 720. The second kappa shape index (κ2) is 9.68. The van der Waals surface area contributed by atoms with Crippen LogP contribution in [0.5, 0.6) is 0 Å². The average molecular weight is 358 g/mol. The van der Waals surface area contributed by atoms with Gasteiger partial charge in [-0.25, -0.2) is 9.18 Å². The predicted octanol–water partition coefficient (Wildman–Crippen LogP) is 2.20. The predicted molar refractivity (Wildman–Crippen MR) is 96.8 cm³/mol. The second-order valence-electron chi connectivity index (χ2n) is 6.00. The Morgan fingerprint density at radius 3 is 2.31 bits per heavy atom. The van der Waals surface area contributed by atoms with Crippen molar-refractivity contribution in [3.8, 4) is 0 Å². The summed E-state index contributed by atoms with van der Waals surface area (Å²) in [6, 6.07) is 13.8. The first-order valence-electron chi connectivity index (χ1n) is 8.42. The fraction of sp³-hybridized carbons (Fsp3) is 0.300. The summed E-state index contributed by atoms with van der Waals surface area (Å²) in [7, 11) is 1.66. The van der Waals surface area contributed by atoms with Crippen molar-refractivity contribution >= 4 is 11.9 Å². The van der Waals surface area contributed by atoms with Crippen LogP contribution in [0.25, 0.3) is 0 Å². The van der Waals surface area contributed by atoms with E-state index in [0.29, 0.717) is 0 Å². The third kappa shape index (κ3) is 5.97. The van der Waals surface area contributed by atoms with Crippen molar-refractivity contribution in [2.75, 3.05) is 7.05 Å². The van der Waals surface area contributed by atoms with Crippen molar-refractivity contribution in [3.63, 3.8) is 0 Å². The number of esters is 1. The fourth-order valence-electron chi connectivity index (χ4n) is 2.31. The number of halogens is 1. The van der Waals surface area contributed by atoms with Crippen molar-refractivity contribution < 1.29 is 18.7 Å². The van der Waals surface area contributed by atoms with Gasteiger partial charge < -0.3 is 15.4 Å². The summed E-state index contributed by atoms with van der Waals surface area (Å²) < 4.78 is 18.4. The van der Waals surface area contributed by atoms with E-state index in [0.717, 1.165) is 11.1 Å². The maximum absolute atomic E-state index is 13.1. The van der Waals surface area contributed by atoms with E-state index < -0.39 is 18.1 Å². The lowest BCUT2D eigenvalue weighted by atomic mass is 10.1. The zero-order valence-electron chi connectivity index (χ0n) is 14.9. The Hall–Kier alpha value is -2.73. The molecule has 0 aliphatic rings. The minimum Gasteiger partial charge on any atom is -0.459 e. The molecule has 0 heterocycles. The van der Waals surface area contributed by atoms with Crippen LogP contribution in [0.4, 0.5) is 4.39 Å². The third-order valence-electron chi connectivity index (χ3n) is 4.00. The number of carbonyl (C=O) groups is 2. The molecular weight excluding hydrogens is 335 g/mol.